The molecule has 5 heteroatoms. The molecule has 1 aromatic heterocycles. The SMILES string of the molecule is CCOC(=O)/C(=C\c1cn(-c2ccccc2)nc1-c1ccccc1)C(C)=O. The number of carbonyl (C=O) groups excluding carboxylic acids is 2. The molecule has 0 spiro atoms. The molecule has 136 valence electrons. The zero-order valence-electron chi connectivity index (χ0n) is 15.3. The minimum Gasteiger partial charge on any atom is -0.462 e. The highest BCUT2D eigenvalue weighted by atomic mass is 16.5. The van der Waals surface area contributed by atoms with E-state index in [9.17, 15) is 9.59 Å². The van der Waals surface area contributed by atoms with Gasteiger partial charge in [0.1, 0.15) is 5.57 Å². The van der Waals surface area contributed by atoms with Gasteiger partial charge < -0.3 is 4.74 Å². The average molecular weight is 360 g/mol. The van der Waals surface area contributed by atoms with E-state index in [1.54, 1.807) is 23.9 Å². The van der Waals surface area contributed by atoms with Crippen molar-refractivity contribution < 1.29 is 14.3 Å². The second kappa shape index (κ2) is 8.27. The number of hydrogen-bond donors (Lipinski definition) is 0. The number of carbonyl (C=O) groups is 2. The number of Topliss-reactive ketones (excluding diaryl/α,β-unsaturated/α-hetero) is 1. The lowest BCUT2D eigenvalue weighted by Gasteiger charge is -2.04. The van der Waals surface area contributed by atoms with Gasteiger partial charge in [-0.3, -0.25) is 4.79 Å². The number of benzene rings is 2. The molecule has 2 aromatic carbocycles. The minimum absolute atomic E-state index is 0.00152. The zero-order chi connectivity index (χ0) is 19.2. The first kappa shape index (κ1) is 18.3. The molecule has 5 nitrogen and oxygen atoms in total. The van der Waals surface area contributed by atoms with E-state index in [0.717, 1.165) is 11.3 Å². The fourth-order valence-corrected chi connectivity index (χ4v) is 2.69. The summed E-state index contributed by atoms with van der Waals surface area (Å²) in [6, 6.07) is 19.3. The first-order valence-corrected chi connectivity index (χ1v) is 8.70. The van der Waals surface area contributed by atoms with Crippen molar-refractivity contribution in [3.8, 4) is 16.9 Å². The van der Waals surface area contributed by atoms with E-state index in [2.05, 4.69) is 5.10 Å². The van der Waals surface area contributed by atoms with E-state index >= 15 is 0 Å². The number of ether oxygens (including phenoxy) is 1. The summed E-state index contributed by atoms with van der Waals surface area (Å²) in [6.45, 7) is 3.27. The molecule has 3 aromatic rings. The lowest BCUT2D eigenvalue weighted by atomic mass is 10.0. The van der Waals surface area contributed by atoms with Crippen LogP contribution in [0.25, 0.3) is 23.0 Å². The number of esters is 1. The fourth-order valence-electron chi connectivity index (χ4n) is 2.69. The van der Waals surface area contributed by atoms with E-state index in [1.165, 1.54) is 6.92 Å². The monoisotopic (exact) mass is 360 g/mol. The van der Waals surface area contributed by atoms with Crippen LogP contribution in [0.4, 0.5) is 0 Å². The molecule has 0 radical (unpaired) electrons. The fraction of sp³-hybridized carbons (Fsp3) is 0.136. The van der Waals surface area contributed by atoms with Gasteiger partial charge in [0.2, 0.25) is 0 Å². The summed E-state index contributed by atoms with van der Waals surface area (Å²) in [5, 5.41) is 4.68. The number of hydrogen-bond acceptors (Lipinski definition) is 4. The van der Waals surface area contributed by atoms with Crippen molar-refractivity contribution in [1.82, 2.24) is 9.78 Å². The number of aromatic nitrogens is 2. The van der Waals surface area contributed by atoms with Gasteiger partial charge in [-0.1, -0.05) is 48.5 Å². The van der Waals surface area contributed by atoms with Crippen LogP contribution in [0.1, 0.15) is 19.4 Å². The molecule has 1 heterocycles. The van der Waals surface area contributed by atoms with Crippen molar-refractivity contribution >= 4 is 17.8 Å². The molecule has 0 unspecified atom stereocenters. The molecule has 0 bridgehead atoms. The number of ketones is 1. The van der Waals surface area contributed by atoms with E-state index in [1.807, 2.05) is 60.7 Å². The number of rotatable bonds is 6. The summed E-state index contributed by atoms with van der Waals surface area (Å²) < 4.78 is 6.75. The molecular formula is C22H20N2O3. The van der Waals surface area contributed by atoms with Crippen molar-refractivity contribution in [2.24, 2.45) is 0 Å². The van der Waals surface area contributed by atoms with Gasteiger partial charge in [0.15, 0.2) is 5.78 Å². The summed E-state index contributed by atoms with van der Waals surface area (Å²) in [6.07, 6.45) is 3.36. The summed E-state index contributed by atoms with van der Waals surface area (Å²) in [5.74, 6) is -0.976. The van der Waals surface area contributed by atoms with E-state index in [-0.39, 0.29) is 18.0 Å². The van der Waals surface area contributed by atoms with Crippen molar-refractivity contribution in [3.63, 3.8) is 0 Å². The van der Waals surface area contributed by atoms with Gasteiger partial charge in [-0.15, -0.1) is 0 Å². The maximum atomic E-state index is 12.2. The molecule has 0 aliphatic carbocycles. The predicted octanol–water partition coefficient (Wildman–Crippen LogP) is 4.07. The second-order valence-electron chi connectivity index (χ2n) is 5.91. The Balaban J connectivity index is 2.15. The van der Waals surface area contributed by atoms with Crippen LogP contribution < -0.4 is 0 Å². The molecule has 27 heavy (non-hydrogen) atoms. The van der Waals surface area contributed by atoms with E-state index < -0.39 is 5.97 Å². The van der Waals surface area contributed by atoms with Gasteiger partial charge in [-0.2, -0.15) is 5.10 Å². The summed E-state index contributed by atoms with van der Waals surface area (Å²) in [5.41, 5.74) is 3.13. The second-order valence-corrected chi connectivity index (χ2v) is 5.91. The molecule has 0 saturated carbocycles. The highest BCUT2D eigenvalue weighted by Crippen LogP contribution is 2.26. The van der Waals surface area contributed by atoms with Gasteiger partial charge in [-0.05, 0) is 32.1 Å². The standard InChI is InChI=1S/C22H20N2O3/c1-3-27-22(26)20(16(2)25)14-18-15-24(19-12-8-5-9-13-19)23-21(18)17-10-6-4-7-11-17/h4-15H,3H2,1-2H3/b20-14-. The van der Waals surface area contributed by atoms with Crippen LogP contribution in [-0.4, -0.2) is 28.1 Å². The molecule has 0 amide bonds. The Labute approximate surface area is 157 Å². The topological polar surface area (TPSA) is 61.2 Å². The highest BCUT2D eigenvalue weighted by Gasteiger charge is 2.18. The Hall–Kier alpha value is -3.47. The Morgan fingerprint density at radius 3 is 2.26 bits per heavy atom. The van der Waals surface area contributed by atoms with Crippen molar-refractivity contribution in [2.45, 2.75) is 13.8 Å². The summed E-state index contributed by atoms with van der Waals surface area (Å²) in [4.78, 5) is 24.2. The van der Waals surface area contributed by atoms with Crippen LogP contribution >= 0.6 is 0 Å². The van der Waals surface area contributed by atoms with E-state index in [4.69, 9.17) is 4.74 Å². The molecule has 0 atom stereocenters. The Kier molecular flexibility index (Phi) is 5.61. The molecule has 0 N–H and O–H groups in total. The largest absolute Gasteiger partial charge is 0.462 e. The Bertz CT molecular complexity index is 973. The first-order chi connectivity index (χ1) is 13.1. The highest BCUT2D eigenvalue weighted by molar-refractivity contribution is 6.20. The first-order valence-electron chi connectivity index (χ1n) is 8.70. The van der Waals surface area contributed by atoms with Crippen molar-refractivity contribution in [3.05, 3.63) is 78.0 Å². The van der Waals surface area contributed by atoms with Crippen LogP contribution in [0, 0.1) is 0 Å². The third-order valence-corrected chi connectivity index (χ3v) is 3.98. The normalized spacial score (nSPS) is 11.3. The van der Waals surface area contributed by atoms with Gasteiger partial charge in [0, 0.05) is 17.3 Å². The van der Waals surface area contributed by atoms with E-state index in [0.29, 0.717) is 11.3 Å². The molecule has 0 fully saturated rings. The van der Waals surface area contributed by atoms with Crippen LogP contribution in [0.15, 0.2) is 72.4 Å². The average Bonchev–Trinajstić information content (AvgIpc) is 3.11. The zero-order valence-corrected chi connectivity index (χ0v) is 15.3. The lowest BCUT2D eigenvalue weighted by Crippen LogP contribution is -2.13. The van der Waals surface area contributed by atoms with Gasteiger partial charge >= 0.3 is 5.97 Å². The molecule has 0 saturated heterocycles. The maximum absolute atomic E-state index is 12.2. The van der Waals surface area contributed by atoms with Gasteiger partial charge in [0.05, 0.1) is 18.0 Å². The number of para-hydroxylation sites is 1. The van der Waals surface area contributed by atoms with Crippen molar-refractivity contribution in [1.29, 1.82) is 0 Å². The Morgan fingerprint density at radius 2 is 1.67 bits per heavy atom. The number of nitrogens with zero attached hydrogens (tertiary/aromatic N) is 2. The van der Waals surface area contributed by atoms with Crippen molar-refractivity contribution in [2.75, 3.05) is 6.61 Å². The third kappa shape index (κ3) is 4.20. The summed E-state index contributed by atoms with van der Waals surface area (Å²) >= 11 is 0. The van der Waals surface area contributed by atoms with Crippen LogP contribution in [-0.2, 0) is 14.3 Å². The van der Waals surface area contributed by atoms with Crippen LogP contribution in [0.3, 0.4) is 0 Å². The van der Waals surface area contributed by atoms with Crippen LogP contribution in [0.5, 0.6) is 0 Å². The van der Waals surface area contributed by atoms with Gasteiger partial charge in [0.25, 0.3) is 0 Å². The molecule has 0 aliphatic heterocycles. The Morgan fingerprint density at radius 1 is 1.04 bits per heavy atom. The smallest absolute Gasteiger partial charge is 0.341 e. The molecular weight excluding hydrogens is 340 g/mol. The minimum atomic E-state index is -0.628. The van der Waals surface area contributed by atoms with Crippen LogP contribution in [0.2, 0.25) is 0 Å². The molecule has 3 rings (SSSR count). The quantitative estimate of drug-likeness (QED) is 0.288. The third-order valence-electron chi connectivity index (χ3n) is 3.98. The predicted molar refractivity (Wildman–Crippen MR) is 104 cm³/mol. The molecule has 0 aliphatic rings. The lowest BCUT2D eigenvalue weighted by molar-refractivity contribution is -0.139. The maximum Gasteiger partial charge on any atom is 0.341 e. The van der Waals surface area contributed by atoms with Gasteiger partial charge in [-0.25, -0.2) is 9.48 Å². The summed E-state index contributed by atoms with van der Waals surface area (Å²) in [7, 11) is 0.